The molecule has 0 N–H and O–H groups in total. The van der Waals surface area contributed by atoms with E-state index in [0.717, 1.165) is 66.1 Å². The molecular weight excluding hydrogens is 528 g/mol. The number of hydrogen-bond donors (Lipinski definition) is 0. The molecule has 0 fully saturated rings. The minimum Gasteiger partial charge on any atom is -0.456 e. The minimum atomic E-state index is 0.709. The summed E-state index contributed by atoms with van der Waals surface area (Å²) in [6, 6.07) is 53.1. The molecule has 0 unspecified atom stereocenters. The maximum absolute atomic E-state index is 6.90. The molecule has 0 heterocycles. The Bertz CT molecular complexity index is 2090. The molecule has 0 bridgehead atoms. The number of rotatable bonds is 6. The first-order valence-electron chi connectivity index (χ1n) is 14.3. The van der Waals surface area contributed by atoms with Gasteiger partial charge in [0, 0.05) is 10.8 Å². The molecule has 0 saturated heterocycles. The maximum atomic E-state index is 6.90. The highest BCUT2D eigenvalue weighted by Gasteiger charge is 2.19. The highest BCUT2D eigenvalue weighted by molar-refractivity contribution is 6.10. The van der Waals surface area contributed by atoms with E-state index in [0.29, 0.717) is 11.5 Å². The predicted octanol–water partition coefficient (Wildman–Crippen LogP) is 11.7. The van der Waals surface area contributed by atoms with Crippen molar-refractivity contribution in [2.45, 2.75) is 0 Å². The number of ether oxygens (including phenoxy) is 3. The predicted molar refractivity (Wildman–Crippen MR) is 176 cm³/mol. The lowest BCUT2D eigenvalue weighted by Crippen LogP contribution is -1.94. The van der Waals surface area contributed by atoms with E-state index in [4.69, 9.17) is 14.2 Å². The Morgan fingerprint density at radius 3 is 1.16 bits per heavy atom. The molecule has 3 heteroatoms. The van der Waals surface area contributed by atoms with Crippen LogP contribution in [0.3, 0.4) is 0 Å². The molecule has 0 amide bonds. The molecule has 43 heavy (non-hydrogen) atoms. The second kappa shape index (κ2) is 10.6. The number of para-hydroxylation sites is 2. The standard InChI is InChI=1S/C40H26O3/c1-3-17-31(18-4-1)41-39-33-21-9-7-13-27(33)25-29-15-11-23-35(37(29)39)43-36-24-12-16-30-26-28-14-8-10-22-34(28)40(38(30)36)42-32-19-5-2-6-20-32/h1-26H. The van der Waals surface area contributed by atoms with Gasteiger partial charge in [-0.2, -0.15) is 0 Å². The van der Waals surface area contributed by atoms with Crippen molar-refractivity contribution in [3.8, 4) is 34.5 Å². The van der Waals surface area contributed by atoms with Crippen molar-refractivity contribution in [1.29, 1.82) is 0 Å². The zero-order chi connectivity index (χ0) is 28.6. The fourth-order valence-corrected chi connectivity index (χ4v) is 5.80. The van der Waals surface area contributed by atoms with Crippen LogP contribution in [0.5, 0.6) is 34.5 Å². The van der Waals surface area contributed by atoms with Gasteiger partial charge in [-0.15, -0.1) is 0 Å². The molecule has 0 spiro atoms. The minimum absolute atomic E-state index is 0.709. The molecule has 8 rings (SSSR count). The second-order valence-electron chi connectivity index (χ2n) is 10.5. The van der Waals surface area contributed by atoms with Crippen molar-refractivity contribution in [3.63, 3.8) is 0 Å². The smallest absolute Gasteiger partial charge is 0.146 e. The first kappa shape index (κ1) is 25.0. The van der Waals surface area contributed by atoms with Crippen LogP contribution in [0.1, 0.15) is 0 Å². The highest BCUT2D eigenvalue weighted by atomic mass is 16.5. The Kier molecular flexibility index (Phi) is 6.12. The van der Waals surface area contributed by atoms with Gasteiger partial charge in [0.15, 0.2) is 0 Å². The average molecular weight is 555 g/mol. The van der Waals surface area contributed by atoms with E-state index in [2.05, 4.69) is 60.7 Å². The van der Waals surface area contributed by atoms with Gasteiger partial charge in [0.25, 0.3) is 0 Å². The lowest BCUT2D eigenvalue weighted by molar-refractivity contribution is 0.472. The van der Waals surface area contributed by atoms with Crippen LogP contribution in [0.25, 0.3) is 43.1 Å². The molecule has 8 aromatic carbocycles. The largest absolute Gasteiger partial charge is 0.456 e. The summed E-state index contributed by atoms with van der Waals surface area (Å²) in [7, 11) is 0. The van der Waals surface area contributed by atoms with Gasteiger partial charge < -0.3 is 14.2 Å². The van der Waals surface area contributed by atoms with Crippen molar-refractivity contribution in [2.24, 2.45) is 0 Å². The van der Waals surface area contributed by atoms with Crippen LogP contribution in [-0.4, -0.2) is 0 Å². The summed E-state index contributed by atoms with van der Waals surface area (Å²) in [5, 5.41) is 8.14. The van der Waals surface area contributed by atoms with Crippen molar-refractivity contribution in [3.05, 3.63) is 158 Å². The zero-order valence-electron chi connectivity index (χ0n) is 23.2. The van der Waals surface area contributed by atoms with E-state index >= 15 is 0 Å². The highest BCUT2D eigenvalue weighted by Crippen LogP contribution is 2.47. The summed E-state index contributed by atoms with van der Waals surface area (Å²) in [4.78, 5) is 0. The van der Waals surface area contributed by atoms with E-state index in [1.165, 1.54) is 0 Å². The Hall–Kier alpha value is -5.80. The summed E-state index contributed by atoms with van der Waals surface area (Å²) < 4.78 is 20.2. The monoisotopic (exact) mass is 554 g/mol. The first-order valence-corrected chi connectivity index (χ1v) is 14.3. The Labute approximate surface area is 249 Å². The molecule has 204 valence electrons. The van der Waals surface area contributed by atoms with Gasteiger partial charge in [0.2, 0.25) is 0 Å². The SMILES string of the molecule is c1ccc(Oc2c3ccccc3cc3cccc(Oc4cccc5cc6ccccc6c(Oc6ccccc6)c45)c23)cc1. The lowest BCUT2D eigenvalue weighted by atomic mass is 10.0. The molecule has 8 aromatic rings. The number of fused-ring (bicyclic) bond motifs is 4. The van der Waals surface area contributed by atoms with Crippen LogP contribution in [0.2, 0.25) is 0 Å². The van der Waals surface area contributed by atoms with E-state index in [1.807, 2.05) is 97.1 Å². The molecule has 0 radical (unpaired) electrons. The summed E-state index contributed by atoms with van der Waals surface area (Å²) in [5.41, 5.74) is 0. The van der Waals surface area contributed by atoms with Gasteiger partial charge >= 0.3 is 0 Å². The van der Waals surface area contributed by atoms with Crippen LogP contribution in [-0.2, 0) is 0 Å². The van der Waals surface area contributed by atoms with Gasteiger partial charge in [-0.3, -0.25) is 0 Å². The quantitative estimate of drug-likeness (QED) is 0.191. The molecule has 0 aliphatic rings. The van der Waals surface area contributed by atoms with Crippen molar-refractivity contribution < 1.29 is 14.2 Å². The van der Waals surface area contributed by atoms with Crippen molar-refractivity contribution in [1.82, 2.24) is 0 Å². The summed E-state index contributed by atoms with van der Waals surface area (Å²) in [5.74, 6) is 4.49. The molecule has 0 aliphatic heterocycles. The molecule has 0 aromatic heterocycles. The molecule has 3 nitrogen and oxygen atoms in total. The third-order valence-corrected chi connectivity index (χ3v) is 7.75. The van der Waals surface area contributed by atoms with Crippen LogP contribution in [0, 0.1) is 0 Å². The third-order valence-electron chi connectivity index (χ3n) is 7.75. The van der Waals surface area contributed by atoms with Gasteiger partial charge in [-0.1, -0.05) is 109 Å². The average Bonchev–Trinajstić information content (AvgIpc) is 3.05. The summed E-state index contributed by atoms with van der Waals surface area (Å²) >= 11 is 0. The van der Waals surface area contributed by atoms with Crippen LogP contribution in [0.15, 0.2) is 158 Å². The topological polar surface area (TPSA) is 27.7 Å². The summed E-state index contributed by atoms with van der Waals surface area (Å²) in [6.45, 7) is 0. The molecule has 0 saturated carbocycles. The number of hydrogen-bond acceptors (Lipinski definition) is 3. The fourth-order valence-electron chi connectivity index (χ4n) is 5.80. The third kappa shape index (κ3) is 4.58. The van der Waals surface area contributed by atoms with Gasteiger partial charge in [-0.25, -0.2) is 0 Å². The van der Waals surface area contributed by atoms with E-state index < -0.39 is 0 Å². The van der Waals surface area contributed by atoms with E-state index in [1.54, 1.807) is 0 Å². The van der Waals surface area contributed by atoms with Gasteiger partial charge in [0.05, 0.1) is 10.8 Å². The van der Waals surface area contributed by atoms with Gasteiger partial charge in [0.1, 0.15) is 34.5 Å². The Balaban J connectivity index is 1.36. The van der Waals surface area contributed by atoms with Crippen LogP contribution < -0.4 is 14.2 Å². The zero-order valence-corrected chi connectivity index (χ0v) is 23.2. The first-order chi connectivity index (χ1) is 21.3. The molecular formula is C40H26O3. The summed E-state index contributed by atoms with van der Waals surface area (Å²) in [6.07, 6.45) is 0. The Morgan fingerprint density at radius 1 is 0.302 bits per heavy atom. The normalized spacial score (nSPS) is 11.3. The molecule has 0 aliphatic carbocycles. The van der Waals surface area contributed by atoms with E-state index in [-0.39, 0.29) is 0 Å². The van der Waals surface area contributed by atoms with Crippen LogP contribution >= 0.6 is 0 Å². The second-order valence-corrected chi connectivity index (χ2v) is 10.5. The Morgan fingerprint density at radius 2 is 0.698 bits per heavy atom. The maximum Gasteiger partial charge on any atom is 0.146 e. The fraction of sp³-hybridized carbons (Fsp3) is 0. The lowest BCUT2D eigenvalue weighted by Gasteiger charge is -2.19. The number of benzene rings is 8. The van der Waals surface area contributed by atoms with Gasteiger partial charge in [-0.05, 0) is 70.1 Å². The van der Waals surface area contributed by atoms with Crippen molar-refractivity contribution >= 4 is 43.1 Å². The van der Waals surface area contributed by atoms with E-state index in [9.17, 15) is 0 Å². The van der Waals surface area contributed by atoms with Crippen molar-refractivity contribution in [2.75, 3.05) is 0 Å². The molecule has 0 atom stereocenters. The van der Waals surface area contributed by atoms with Crippen LogP contribution in [0.4, 0.5) is 0 Å².